The van der Waals surface area contributed by atoms with E-state index >= 15 is 0 Å². The number of anilines is 1. The summed E-state index contributed by atoms with van der Waals surface area (Å²) in [6, 6.07) is 12.0. The van der Waals surface area contributed by atoms with Gasteiger partial charge in [-0.3, -0.25) is 9.48 Å². The lowest BCUT2D eigenvalue weighted by Crippen LogP contribution is -2.02. The molecule has 1 N–H and O–H groups in total. The molecule has 0 spiro atoms. The minimum absolute atomic E-state index is 0.359. The molecule has 0 unspecified atom stereocenters. The number of carbonyl (C=O) groups excluding carboxylic acids is 1. The third-order valence-electron chi connectivity index (χ3n) is 4.27. The molecule has 132 valence electrons. The van der Waals surface area contributed by atoms with E-state index in [0.29, 0.717) is 30.5 Å². The predicted octanol–water partition coefficient (Wildman–Crippen LogP) is 2.75. The zero-order chi connectivity index (χ0) is 17.8. The smallest absolute Gasteiger partial charge is 0.212 e. The van der Waals surface area contributed by atoms with Crippen LogP contribution in [0.2, 0.25) is 0 Å². The summed E-state index contributed by atoms with van der Waals surface area (Å²) in [6.45, 7) is 1.18. The average Bonchev–Trinajstić information content (AvgIpc) is 3.41. The summed E-state index contributed by atoms with van der Waals surface area (Å²) in [5.41, 5.74) is 3.46. The molecule has 2 aromatic heterocycles. The van der Waals surface area contributed by atoms with E-state index in [1.54, 1.807) is 6.07 Å². The van der Waals surface area contributed by atoms with Gasteiger partial charge in [-0.2, -0.15) is 10.2 Å². The molecule has 26 heavy (non-hydrogen) atoms. The lowest BCUT2D eigenvalue weighted by Gasteiger charge is -2.08. The van der Waals surface area contributed by atoms with E-state index in [0.717, 1.165) is 12.1 Å². The number of rotatable bonds is 8. The van der Waals surface area contributed by atoms with Crippen LogP contribution in [0.3, 0.4) is 0 Å². The Bertz CT molecular complexity index is 887. The Labute approximate surface area is 151 Å². The van der Waals surface area contributed by atoms with Crippen molar-refractivity contribution in [2.45, 2.75) is 31.9 Å². The van der Waals surface area contributed by atoms with E-state index < -0.39 is 0 Å². The van der Waals surface area contributed by atoms with Crippen molar-refractivity contribution in [3.05, 3.63) is 65.6 Å². The molecule has 1 aliphatic rings. The lowest BCUT2D eigenvalue weighted by molar-refractivity contribution is -0.105. The molecule has 0 bridgehead atoms. The fourth-order valence-electron chi connectivity index (χ4n) is 2.72. The van der Waals surface area contributed by atoms with Crippen molar-refractivity contribution in [3.8, 4) is 5.75 Å². The molecule has 0 saturated heterocycles. The molecule has 2 heterocycles. The summed E-state index contributed by atoms with van der Waals surface area (Å²) in [5.74, 6) is 1.59. The van der Waals surface area contributed by atoms with Crippen LogP contribution < -0.4 is 10.1 Å². The maximum atomic E-state index is 10.4. The topological polar surface area (TPSA) is 81.9 Å². The molecule has 4 rings (SSSR count). The normalized spacial score (nSPS) is 13.4. The van der Waals surface area contributed by atoms with Crippen molar-refractivity contribution in [1.29, 1.82) is 0 Å². The lowest BCUT2D eigenvalue weighted by atomic mass is 10.1. The van der Waals surface area contributed by atoms with Crippen molar-refractivity contribution in [3.63, 3.8) is 0 Å². The number of aromatic nitrogens is 4. The number of nitrogens with zero attached hydrogens (tertiary/aromatic N) is 4. The molecule has 7 nitrogen and oxygen atoms in total. The number of amides is 1. The Hall–Kier alpha value is -3.22. The summed E-state index contributed by atoms with van der Waals surface area (Å²) in [4.78, 5) is 10.4. The van der Waals surface area contributed by atoms with Gasteiger partial charge in [0.15, 0.2) is 5.82 Å². The highest BCUT2D eigenvalue weighted by Gasteiger charge is 2.25. The number of hydrogen-bond acceptors (Lipinski definition) is 5. The molecule has 1 saturated carbocycles. The Morgan fingerprint density at radius 1 is 1.19 bits per heavy atom. The van der Waals surface area contributed by atoms with Gasteiger partial charge >= 0.3 is 0 Å². The number of hydrogen-bond donors (Lipinski definition) is 1. The van der Waals surface area contributed by atoms with Gasteiger partial charge in [-0.25, -0.2) is 0 Å². The maximum absolute atomic E-state index is 10.4. The summed E-state index contributed by atoms with van der Waals surface area (Å²) in [5, 5.41) is 14.6. The highest BCUT2D eigenvalue weighted by molar-refractivity contribution is 5.68. The molecule has 1 aromatic carbocycles. The van der Waals surface area contributed by atoms with E-state index in [-0.39, 0.29) is 0 Å². The first-order valence-electron chi connectivity index (χ1n) is 8.57. The molecule has 7 heteroatoms. The van der Waals surface area contributed by atoms with E-state index in [2.05, 4.69) is 38.8 Å². The quantitative estimate of drug-likeness (QED) is 0.632. The summed E-state index contributed by atoms with van der Waals surface area (Å²) in [7, 11) is 0. The monoisotopic (exact) mass is 349 g/mol. The number of carbonyl (C=O) groups is 1. The summed E-state index contributed by atoms with van der Waals surface area (Å²) in [6.07, 6.45) is 6.65. The van der Waals surface area contributed by atoms with Crippen LogP contribution in [0.15, 0.2) is 48.8 Å². The fourth-order valence-corrected chi connectivity index (χ4v) is 2.72. The second kappa shape index (κ2) is 7.35. The number of ether oxygens (including phenoxy) is 1. The first-order chi connectivity index (χ1) is 12.8. The molecular formula is C19H19N5O2. The number of benzene rings is 1. The van der Waals surface area contributed by atoms with Crippen LogP contribution in [0, 0.1) is 0 Å². The van der Waals surface area contributed by atoms with Gasteiger partial charge in [0.05, 0.1) is 18.4 Å². The van der Waals surface area contributed by atoms with E-state index in [9.17, 15) is 4.79 Å². The van der Waals surface area contributed by atoms with Crippen LogP contribution >= 0.6 is 0 Å². The van der Waals surface area contributed by atoms with Gasteiger partial charge in [-0.1, -0.05) is 24.3 Å². The van der Waals surface area contributed by atoms with E-state index in [1.165, 1.54) is 30.3 Å². The zero-order valence-electron chi connectivity index (χ0n) is 14.2. The molecule has 1 aliphatic carbocycles. The second-order valence-corrected chi connectivity index (χ2v) is 6.36. The average molecular weight is 349 g/mol. The molecule has 1 fully saturated rings. The molecular weight excluding hydrogens is 330 g/mol. The van der Waals surface area contributed by atoms with Gasteiger partial charge in [-0.15, -0.1) is 5.10 Å². The molecule has 0 radical (unpaired) electrons. The van der Waals surface area contributed by atoms with Gasteiger partial charge in [0, 0.05) is 18.2 Å². The van der Waals surface area contributed by atoms with Gasteiger partial charge in [0.25, 0.3) is 0 Å². The van der Waals surface area contributed by atoms with Crippen molar-refractivity contribution < 1.29 is 9.53 Å². The molecule has 0 atom stereocenters. The highest BCUT2D eigenvalue weighted by Crippen LogP contribution is 2.38. The summed E-state index contributed by atoms with van der Waals surface area (Å²) >= 11 is 0. The maximum Gasteiger partial charge on any atom is 0.212 e. The van der Waals surface area contributed by atoms with Crippen molar-refractivity contribution in [2.24, 2.45) is 0 Å². The minimum atomic E-state index is 0.359. The zero-order valence-corrected chi connectivity index (χ0v) is 14.2. The third kappa shape index (κ3) is 4.05. The largest absolute Gasteiger partial charge is 0.487 e. The van der Waals surface area contributed by atoms with Crippen LogP contribution in [-0.2, 0) is 17.9 Å². The molecule has 3 aromatic rings. The SMILES string of the molecule is O=CNc1cc(OCc2ccc(Cn3ccc(C4CC4)n3)cc2)cnn1. The van der Waals surface area contributed by atoms with Gasteiger partial charge < -0.3 is 10.1 Å². The minimum Gasteiger partial charge on any atom is -0.487 e. The van der Waals surface area contributed by atoms with Crippen molar-refractivity contribution in [1.82, 2.24) is 20.0 Å². The van der Waals surface area contributed by atoms with E-state index in [4.69, 9.17) is 4.74 Å². The fraction of sp³-hybridized carbons (Fsp3) is 0.263. The van der Waals surface area contributed by atoms with Gasteiger partial charge in [-0.05, 0) is 30.0 Å². The van der Waals surface area contributed by atoms with Gasteiger partial charge in [0.1, 0.15) is 12.4 Å². The van der Waals surface area contributed by atoms with Crippen LogP contribution in [0.25, 0.3) is 0 Å². The van der Waals surface area contributed by atoms with Crippen LogP contribution in [0.5, 0.6) is 5.75 Å². The number of nitrogens with one attached hydrogen (secondary N) is 1. The predicted molar refractivity (Wildman–Crippen MR) is 95.8 cm³/mol. The molecule has 0 aliphatic heterocycles. The standard InChI is InChI=1S/C19H19N5O2/c25-13-20-19-9-17(10-21-22-19)26-12-15-3-1-14(2-4-15)11-24-8-7-18(23-24)16-5-6-16/h1-4,7-10,13,16H,5-6,11-12H2,(H,20,22,25). The summed E-state index contributed by atoms with van der Waals surface area (Å²) < 4.78 is 7.69. The first-order valence-corrected chi connectivity index (χ1v) is 8.57. The second-order valence-electron chi connectivity index (χ2n) is 6.36. The van der Waals surface area contributed by atoms with E-state index in [1.807, 2.05) is 23.0 Å². The van der Waals surface area contributed by atoms with Crippen molar-refractivity contribution >= 4 is 12.2 Å². The Kier molecular flexibility index (Phi) is 4.59. The third-order valence-corrected chi connectivity index (χ3v) is 4.27. The van der Waals surface area contributed by atoms with Crippen molar-refractivity contribution in [2.75, 3.05) is 5.32 Å². The van der Waals surface area contributed by atoms with Gasteiger partial charge in [0.2, 0.25) is 6.41 Å². The molecule has 1 amide bonds. The Morgan fingerprint density at radius 2 is 2.00 bits per heavy atom. The highest BCUT2D eigenvalue weighted by atomic mass is 16.5. The Morgan fingerprint density at radius 3 is 2.77 bits per heavy atom. The Balaban J connectivity index is 1.33. The first kappa shape index (κ1) is 16.3. The van der Waals surface area contributed by atoms with Crippen LogP contribution in [0.1, 0.15) is 35.6 Å². The van der Waals surface area contributed by atoms with Crippen LogP contribution in [0.4, 0.5) is 5.82 Å². The van der Waals surface area contributed by atoms with Crippen LogP contribution in [-0.4, -0.2) is 26.4 Å².